The van der Waals surface area contributed by atoms with Crippen LogP contribution in [-0.4, -0.2) is 33.0 Å². The van der Waals surface area contributed by atoms with Gasteiger partial charge in [-0.05, 0) is 29.5 Å². The predicted octanol–water partition coefficient (Wildman–Crippen LogP) is 3.06. The monoisotopic (exact) mass is 373 g/mol. The summed E-state index contributed by atoms with van der Waals surface area (Å²) in [5, 5.41) is 10.7. The first-order chi connectivity index (χ1) is 12.1. The number of hydrogen-bond donors (Lipinski definition) is 0. The number of hydrogen-bond acceptors (Lipinski definition) is 6. The van der Waals surface area contributed by atoms with E-state index in [2.05, 4.69) is 9.72 Å². The third kappa shape index (κ3) is 4.23. The van der Waals surface area contributed by atoms with E-state index < -0.39 is 16.9 Å². The quantitative estimate of drug-likeness (QED) is 0.571. The zero-order chi connectivity index (χ0) is 18.9. The Morgan fingerprint density at radius 2 is 2.08 bits per heavy atom. The van der Waals surface area contributed by atoms with Crippen molar-refractivity contribution in [2.45, 2.75) is 32.0 Å². The molecule has 0 amide bonds. The fraction of sp³-hybridized carbons (Fsp3) is 0.400. The Balaban J connectivity index is 1.50. The normalized spacial score (nSPS) is 19.1. The van der Waals surface area contributed by atoms with Crippen LogP contribution in [0, 0.1) is 10.1 Å². The van der Waals surface area contributed by atoms with E-state index in [0.717, 1.165) is 0 Å². The van der Waals surface area contributed by atoms with Gasteiger partial charge in [-0.15, -0.1) is 13.2 Å². The van der Waals surface area contributed by atoms with E-state index in [1.165, 1.54) is 35.0 Å². The van der Waals surface area contributed by atoms with Crippen LogP contribution in [0.1, 0.15) is 12.5 Å². The summed E-state index contributed by atoms with van der Waals surface area (Å²) in [7, 11) is 0. The largest absolute Gasteiger partial charge is 0.573 e. The van der Waals surface area contributed by atoms with Gasteiger partial charge in [0.2, 0.25) is 0 Å². The van der Waals surface area contributed by atoms with Crippen molar-refractivity contribution in [2.75, 3.05) is 6.61 Å². The highest BCUT2D eigenvalue weighted by atomic mass is 19.4. The molecule has 0 radical (unpaired) electrons. The molecule has 0 aliphatic carbocycles. The molecular formula is C15H14F3N3O5. The van der Waals surface area contributed by atoms with Crippen molar-refractivity contribution in [3.05, 3.63) is 46.1 Å². The Labute approximate surface area is 145 Å². The molecule has 1 aromatic carbocycles. The number of benzene rings is 1. The van der Waals surface area contributed by atoms with E-state index >= 15 is 0 Å². The average Bonchev–Trinajstić information content (AvgIpc) is 3.03. The van der Waals surface area contributed by atoms with Gasteiger partial charge in [-0.3, -0.25) is 4.57 Å². The number of nitrogens with zero attached hydrogens (tertiary/aromatic N) is 3. The maximum absolute atomic E-state index is 12.1. The number of fused-ring (bicyclic) bond motifs is 1. The lowest BCUT2D eigenvalue weighted by Crippen LogP contribution is -2.37. The fourth-order valence-corrected chi connectivity index (χ4v) is 2.53. The molecule has 1 aliphatic rings. The van der Waals surface area contributed by atoms with Crippen molar-refractivity contribution in [1.29, 1.82) is 0 Å². The van der Waals surface area contributed by atoms with E-state index in [0.29, 0.717) is 12.1 Å². The molecule has 2 heterocycles. The summed E-state index contributed by atoms with van der Waals surface area (Å²) in [4.78, 5) is 13.8. The lowest BCUT2D eigenvalue weighted by molar-refractivity contribution is -0.389. The molecule has 8 nitrogen and oxygen atoms in total. The lowest BCUT2D eigenvalue weighted by atomic mass is 10.1. The Morgan fingerprint density at radius 3 is 2.65 bits per heavy atom. The molecule has 0 saturated heterocycles. The number of rotatable bonds is 6. The second-order valence-corrected chi connectivity index (χ2v) is 6.00. The van der Waals surface area contributed by atoms with Crippen LogP contribution in [0.5, 0.6) is 11.8 Å². The van der Waals surface area contributed by atoms with Crippen LogP contribution in [0.4, 0.5) is 19.0 Å². The smallest absolute Gasteiger partial charge is 0.435 e. The van der Waals surface area contributed by atoms with Crippen LogP contribution in [0.15, 0.2) is 30.5 Å². The van der Waals surface area contributed by atoms with Gasteiger partial charge >= 0.3 is 18.2 Å². The molecule has 0 N–H and O–H groups in total. The SMILES string of the molecule is CC1(COCc2ccc(OC(F)(F)F)cc2)Cn2cc([N+](=O)[O-])nc2O1. The fourth-order valence-electron chi connectivity index (χ4n) is 2.53. The topological polar surface area (TPSA) is 88.7 Å². The maximum atomic E-state index is 12.1. The summed E-state index contributed by atoms with van der Waals surface area (Å²) < 4.78 is 52.8. The highest BCUT2D eigenvalue weighted by Crippen LogP contribution is 2.31. The molecule has 0 saturated carbocycles. The summed E-state index contributed by atoms with van der Waals surface area (Å²) >= 11 is 0. The Kier molecular flexibility index (Phi) is 4.48. The first-order valence-corrected chi connectivity index (χ1v) is 7.47. The third-order valence-corrected chi connectivity index (χ3v) is 3.59. The van der Waals surface area contributed by atoms with Crippen LogP contribution in [0.25, 0.3) is 0 Å². The minimum Gasteiger partial charge on any atom is -0.435 e. The van der Waals surface area contributed by atoms with Crippen molar-refractivity contribution < 1.29 is 32.3 Å². The summed E-state index contributed by atoms with van der Waals surface area (Å²) in [6.45, 7) is 2.44. The molecule has 1 atom stereocenters. The number of alkyl halides is 3. The molecular weight excluding hydrogens is 359 g/mol. The van der Waals surface area contributed by atoms with Gasteiger partial charge in [0.25, 0.3) is 0 Å². The first kappa shape index (κ1) is 18.0. The molecule has 2 aromatic rings. The van der Waals surface area contributed by atoms with Gasteiger partial charge in [0.05, 0.1) is 19.8 Å². The zero-order valence-electron chi connectivity index (χ0n) is 13.5. The van der Waals surface area contributed by atoms with Crippen LogP contribution in [0.3, 0.4) is 0 Å². The van der Waals surface area contributed by atoms with Crippen LogP contribution >= 0.6 is 0 Å². The molecule has 1 unspecified atom stereocenters. The molecule has 11 heteroatoms. The van der Waals surface area contributed by atoms with Gasteiger partial charge in [-0.25, -0.2) is 0 Å². The highest BCUT2D eigenvalue weighted by molar-refractivity contribution is 5.27. The highest BCUT2D eigenvalue weighted by Gasteiger charge is 2.40. The van der Waals surface area contributed by atoms with Gasteiger partial charge in [0.1, 0.15) is 11.9 Å². The Hall–Kier alpha value is -2.82. The Bertz CT molecular complexity index is 780. The van der Waals surface area contributed by atoms with Crippen molar-refractivity contribution >= 4 is 5.82 Å². The second-order valence-electron chi connectivity index (χ2n) is 6.00. The Morgan fingerprint density at radius 1 is 1.38 bits per heavy atom. The van der Waals surface area contributed by atoms with Crippen molar-refractivity contribution in [1.82, 2.24) is 9.55 Å². The van der Waals surface area contributed by atoms with Crippen molar-refractivity contribution in [2.24, 2.45) is 0 Å². The third-order valence-electron chi connectivity index (χ3n) is 3.59. The summed E-state index contributed by atoms with van der Waals surface area (Å²) in [5.41, 5.74) is -0.0777. The number of nitro groups is 1. The van der Waals surface area contributed by atoms with E-state index in [1.807, 2.05) is 0 Å². The minimum absolute atomic E-state index is 0.149. The second kappa shape index (κ2) is 6.48. The minimum atomic E-state index is -4.73. The predicted molar refractivity (Wildman–Crippen MR) is 80.7 cm³/mol. The first-order valence-electron chi connectivity index (χ1n) is 7.47. The number of imidazole rings is 1. The zero-order valence-corrected chi connectivity index (χ0v) is 13.5. The summed E-state index contributed by atoms with van der Waals surface area (Å²) in [6.07, 6.45) is -3.44. The van der Waals surface area contributed by atoms with Crippen molar-refractivity contribution in [3.63, 3.8) is 0 Å². The summed E-state index contributed by atoms with van der Waals surface area (Å²) in [6, 6.07) is 5.49. The molecule has 3 rings (SSSR count). The van der Waals surface area contributed by atoms with Crippen molar-refractivity contribution in [3.8, 4) is 11.8 Å². The van der Waals surface area contributed by atoms with E-state index in [9.17, 15) is 23.3 Å². The molecule has 1 aromatic heterocycles. The lowest BCUT2D eigenvalue weighted by Gasteiger charge is -2.21. The number of halogens is 3. The van der Waals surface area contributed by atoms with E-state index in [4.69, 9.17) is 9.47 Å². The molecule has 0 spiro atoms. The molecule has 0 fully saturated rings. The van der Waals surface area contributed by atoms with E-state index in [-0.39, 0.29) is 30.8 Å². The van der Waals surface area contributed by atoms with Gasteiger partial charge in [-0.1, -0.05) is 12.1 Å². The molecule has 1 aliphatic heterocycles. The maximum Gasteiger partial charge on any atom is 0.573 e. The van der Waals surface area contributed by atoms with E-state index in [1.54, 1.807) is 6.92 Å². The van der Waals surface area contributed by atoms with Gasteiger partial charge in [-0.2, -0.15) is 0 Å². The van der Waals surface area contributed by atoms with Gasteiger partial charge in [0, 0.05) is 4.98 Å². The standard InChI is InChI=1S/C15H14F3N3O5/c1-14(8-20-6-12(21(22)23)19-13(20)26-14)9-24-7-10-2-4-11(5-3-10)25-15(16,17)18/h2-6H,7-9H2,1H3. The summed E-state index contributed by atoms with van der Waals surface area (Å²) in [5.74, 6) is -0.594. The van der Waals surface area contributed by atoms with Crippen LogP contribution in [0.2, 0.25) is 0 Å². The molecule has 26 heavy (non-hydrogen) atoms. The van der Waals surface area contributed by atoms with Gasteiger partial charge in [0.15, 0.2) is 5.60 Å². The van der Waals surface area contributed by atoms with Gasteiger partial charge < -0.3 is 24.3 Å². The molecule has 140 valence electrons. The van der Waals surface area contributed by atoms with Crippen LogP contribution in [-0.2, 0) is 17.9 Å². The number of aromatic nitrogens is 2. The van der Waals surface area contributed by atoms with Crippen LogP contribution < -0.4 is 9.47 Å². The molecule has 0 bridgehead atoms. The average molecular weight is 373 g/mol. The number of ether oxygens (including phenoxy) is 3.